The number of aromatic nitrogens is 2. The third kappa shape index (κ3) is 1.73. The van der Waals surface area contributed by atoms with E-state index in [0.717, 1.165) is 24.3 Å². The molecule has 0 unspecified atom stereocenters. The molecule has 1 N–H and O–H groups in total. The van der Waals surface area contributed by atoms with Crippen LogP contribution in [-0.2, 0) is 0 Å². The van der Waals surface area contributed by atoms with Crippen LogP contribution in [0.3, 0.4) is 0 Å². The first kappa shape index (κ1) is 10.1. The smallest absolute Gasteiger partial charge is 0.247 e. The van der Waals surface area contributed by atoms with E-state index in [0.29, 0.717) is 11.8 Å². The summed E-state index contributed by atoms with van der Waals surface area (Å²) in [6.45, 7) is 3.77. The monoisotopic (exact) mass is 230 g/mol. The number of fused-ring (bicyclic) bond motifs is 1. The molecule has 3 rings (SSSR count). The quantitative estimate of drug-likeness (QED) is 0.811. The molecule has 0 aliphatic carbocycles. The maximum atomic E-state index is 5.43. The van der Waals surface area contributed by atoms with Crippen molar-refractivity contribution in [1.29, 1.82) is 0 Å². The number of hydrogen-bond donors (Lipinski definition) is 1. The van der Waals surface area contributed by atoms with Gasteiger partial charge in [-0.3, -0.25) is 0 Å². The largest absolute Gasteiger partial charge is 0.421 e. The molecule has 1 aliphatic rings. The fraction of sp³-hybridized carbons (Fsp3) is 0.333. The third-order valence-electron chi connectivity index (χ3n) is 2.94. The Kier molecular flexibility index (Phi) is 2.24. The number of rotatable bonds is 1. The molecule has 0 bridgehead atoms. The van der Waals surface area contributed by atoms with E-state index in [9.17, 15) is 0 Å². The molecular weight excluding hydrogens is 216 g/mol. The van der Waals surface area contributed by atoms with Gasteiger partial charge >= 0.3 is 0 Å². The second-order valence-corrected chi connectivity index (χ2v) is 4.21. The first-order valence-electron chi connectivity index (χ1n) is 5.63. The molecule has 0 saturated heterocycles. The molecule has 0 atom stereocenters. The summed E-state index contributed by atoms with van der Waals surface area (Å²) < 4.78 is 5.43. The number of nitrogens with one attached hydrogen (secondary N) is 1. The molecule has 17 heavy (non-hydrogen) atoms. The third-order valence-corrected chi connectivity index (χ3v) is 2.94. The molecule has 5 heteroatoms. The van der Waals surface area contributed by atoms with Gasteiger partial charge in [-0.05, 0) is 18.2 Å². The normalized spacial score (nSPS) is 14.4. The van der Waals surface area contributed by atoms with Crippen LogP contribution in [0.25, 0.3) is 11.5 Å². The van der Waals surface area contributed by atoms with Gasteiger partial charge in [0, 0.05) is 32.6 Å². The highest BCUT2D eigenvalue weighted by Crippen LogP contribution is 2.32. The standard InChI is InChI=1S/C12H14N4O/c1-8-14-15-12(17-8)9-3-4-10-11(7-9)16(2)6-5-13-10/h3-4,7,13H,5-6H2,1-2H3. The van der Waals surface area contributed by atoms with Crippen molar-refractivity contribution >= 4 is 11.4 Å². The molecule has 5 nitrogen and oxygen atoms in total. The van der Waals surface area contributed by atoms with Crippen molar-refractivity contribution in [1.82, 2.24) is 10.2 Å². The van der Waals surface area contributed by atoms with Crippen LogP contribution in [-0.4, -0.2) is 30.3 Å². The van der Waals surface area contributed by atoms with E-state index in [4.69, 9.17) is 4.42 Å². The minimum Gasteiger partial charge on any atom is -0.421 e. The van der Waals surface area contributed by atoms with Crippen LogP contribution in [0.1, 0.15) is 5.89 Å². The molecule has 0 spiro atoms. The van der Waals surface area contributed by atoms with Crippen LogP contribution in [0.4, 0.5) is 11.4 Å². The number of nitrogens with zero attached hydrogens (tertiary/aromatic N) is 3. The topological polar surface area (TPSA) is 54.2 Å². The summed E-state index contributed by atoms with van der Waals surface area (Å²) >= 11 is 0. The summed E-state index contributed by atoms with van der Waals surface area (Å²) in [7, 11) is 2.09. The molecule has 0 amide bonds. The van der Waals surface area contributed by atoms with Crippen LogP contribution in [0.2, 0.25) is 0 Å². The van der Waals surface area contributed by atoms with E-state index < -0.39 is 0 Å². The fourth-order valence-electron chi connectivity index (χ4n) is 2.02. The van der Waals surface area contributed by atoms with Crippen LogP contribution < -0.4 is 10.2 Å². The Morgan fingerprint density at radius 2 is 2.24 bits per heavy atom. The average molecular weight is 230 g/mol. The molecule has 0 radical (unpaired) electrons. The Hall–Kier alpha value is -2.04. The lowest BCUT2D eigenvalue weighted by atomic mass is 10.1. The number of anilines is 2. The second kappa shape index (κ2) is 3.76. The van der Waals surface area contributed by atoms with Crippen molar-refractivity contribution in [2.45, 2.75) is 6.92 Å². The van der Waals surface area contributed by atoms with Crippen molar-refractivity contribution in [3.63, 3.8) is 0 Å². The molecule has 2 heterocycles. The van der Waals surface area contributed by atoms with Gasteiger partial charge in [-0.25, -0.2) is 0 Å². The van der Waals surface area contributed by atoms with Crippen molar-refractivity contribution in [3.05, 3.63) is 24.1 Å². The van der Waals surface area contributed by atoms with Gasteiger partial charge in [0.15, 0.2) is 0 Å². The zero-order valence-electron chi connectivity index (χ0n) is 9.90. The van der Waals surface area contributed by atoms with Crippen molar-refractivity contribution < 1.29 is 4.42 Å². The predicted molar refractivity (Wildman–Crippen MR) is 66.2 cm³/mol. The Morgan fingerprint density at radius 1 is 1.35 bits per heavy atom. The minimum atomic E-state index is 0.573. The average Bonchev–Trinajstić information content (AvgIpc) is 2.76. The van der Waals surface area contributed by atoms with Crippen molar-refractivity contribution in [2.24, 2.45) is 0 Å². The molecule has 1 aliphatic heterocycles. The van der Waals surface area contributed by atoms with E-state index in [-0.39, 0.29) is 0 Å². The van der Waals surface area contributed by atoms with Gasteiger partial charge in [-0.2, -0.15) is 0 Å². The minimum absolute atomic E-state index is 0.573. The number of hydrogen-bond acceptors (Lipinski definition) is 5. The lowest BCUT2D eigenvalue weighted by Gasteiger charge is -2.28. The van der Waals surface area contributed by atoms with Crippen LogP contribution in [0.15, 0.2) is 22.6 Å². The van der Waals surface area contributed by atoms with Crippen LogP contribution in [0.5, 0.6) is 0 Å². The Morgan fingerprint density at radius 3 is 3.00 bits per heavy atom. The van der Waals surface area contributed by atoms with Crippen LogP contribution >= 0.6 is 0 Å². The summed E-state index contributed by atoms with van der Waals surface area (Å²) in [6, 6.07) is 6.13. The fourth-order valence-corrected chi connectivity index (χ4v) is 2.02. The van der Waals surface area contributed by atoms with Gasteiger partial charge in [0.1, 0.15) is 0 Å². The van der Waals surface area contributed by atoms with Gasteiger partial charge in [0.2, 0.25) is 11.8 Å². The molecule has 88 valence electrons. The van der Waals surface area contributed by atoms with Crippen molar-refractivity contribution in [3.8, 4) is 11.5 Å². The predicted octanol–water partition coefficient (Wildman–Crippen LogP) is 1.91. The van der Waals surface area contributed by atoms with E-state index >= 15 is 0 Å². The zero-order valence-corrected chi connectivity index (χ0v) is 9.90. The van der Waals surface area contributed by atoms with Gasteiger partial charge in [-0.15, -0.1) is 10.2 Å². The molecular formula is C12H14N4O. The van der Waals surface area contributed by atoms with Gasteiger partial charge < -0.3 is 14.6 Å². The first-order chi connectivity index (χ1) is 8.24. The Balaban J connectivity index is 2.05. The summed E-state index contributed by atoms with van der Waals surface area (Å²) in [5.74, 6) is 1.16. The van der Waals surface area contributed by atoms with E-state index in [1.54, 1.807) is 6.92 Å². The van der Waals surface area contributed by atoms with Gasteiger partial charge in [0.25, 0.3) is 0 Å². The van der Waals surface area contributed by atoms with E-state index in [1.165, 1.54) is 5.69 Å². The molecule has 0 fully saturated rings. The maximum absolute atomic E-state index is 5.43. The summed E-state index contributed by atoms with van der Waals surface area (Å²) in [6.07, 6.45) is 0. The van der Waals surface area contributed by atoms with Crippen molar-refractivity contribution in [2.75, 3.05) is 30.4 Å². The van der Waals surface area contributed by atoms with Crippen LogP contribution in [0, 0.1) is 6.92 Å². The molecule has 1 aromatic heterocycles. The second-order valence-electron chi connectivity index (χ2n) is 4.21. The lowest BCUT2D eigenvalue weighted by Crippen LogP contribution is -2.30. The number of aryl methyl sites for hydroxylation is 1. The summed E-state index contributed by atoms with van der Waals surface area (Å²) in [5, 5.41) is 11.3. The summed E-state index contributed by atoms with van der Waals surface area (Å²) in [4.78, 5) is 2.22. The zero-order chi connectivity index (χ0) is 11.8. The summed E-state index contributed by atoms with van der Waals surface area (Å²) in [5.41, 5.74) is 3.28. The first-order valence-corrected chi connectivity index (χ1v) is 5.63. The lowest BCUT2D eigenvalue weighted by molar-refractivity contribution is 0.533. The molecule has 1 aromatic carbocycles. The molecule has 0 saturated carbocycles. The number of likely N-dealkylation sites (N-methyl/N-ethyl adjacent to an activating group) is 1. The highest BCUT2D eigenvalue weighted by atomic mass is 16.4. The maximum Gasteiger partial charge on any atom is 0.247 e. The highest BCUT2D eigenvalue weighted by molar-refractivity contribution is 5.77. The van der Waals surface area contributed by atoms with E-state index in [1.807, 2.05) is 6.07 Å². The number of benzene rings is 1. The Bertz CT molecular complexity index is 549. The Labute approximate surface area is 99.5 Å². The van der Waals surface area contributed by atoms with E-state index in [2.05, 4.69) is 39.6 Å². The highest BCUT2D eigenvalue weighted by Gasteiger charge is 2.15. The van der Waals surface area contributed by atoms with Gasteiger partial charge in [0.05, 0.1) is 11.4 Å². The molecule has 2 aromatic rings. The SMILES string of the molecule is Cc1nnc(-c2ccc3c(c2)N(C)CCN3)o1. The van der Waals surface area contributed by atoms with Gasteiger partial charge in [-0.1, -0.05) is 0 Å².